The second kappa shape index (κ2) is 4.90. The number of ether oxygens (including phenoxy) is 2. The van der Waals surface area contributed by atoms with Gasteiger partial charge in [-0.3, -0.25) is 0 Å². The van der Waals surface area contributed by atoms with Crippen LogP contribution in [0.15, 0.2) is 53.7 Å². The van der Waals surface area contributed by atoms with Crippen molar-refractivity contribution in [3.8, 4) is 0 Å². The Labute approximate surface area is 111 Å². The van der Waals surface area contributed by atoms with E-state index in [9.17, 15) is 0 Å². The minimum absolute atomic E-state index is 0.0252. The van der Waals surface area contributed by atoms with E-state index in [0.29, 0.717) is 5.90 Å². The minimum Gasteiger partial charge on any atom is -0.459 e. The molecule has 0 spiro atoms. The Hall–Kier alpha value is -1.68. The van der Waals surface area contributed by atoms with E-state index in [1.807, 2.05) is 36.4 Å². The van der Waals surface area contributed by atoms with E-state index in [4.69, 9.17) is 9.47 Å². The highest BCUT2D eigenvalue weighted by Crippen LogP contribution is 2.28. The van der Waals surface area contributed by atoms with Gasteiger partial charge in [0.25, 0.3) is 6.29 Å². The molecule has 2 unspecified atom stereocenters. The fraction of sp³-hybridized carbons (Fsp3) is 0.214. The average molecular weight is 259 g/mol. The molecule has 0 N–H and O–H groups in total. The first-order valence-corrected chi connectivity index (χ1v) is 6.34. The Kier molecular flexibility index (Phi) is 3.11. The lowest BCUT2D eigenvalue weighted by Crippen LogP contribution is -2.28. The summed E-state index contributed by atoms with van der Waals surface area (Å²) < 4.78 is 11.0. The molecule has 2 aliphatic heterocycles. The maximum atomic E-state index is 5.71. The molecule has 3 nitrogen and oxygen atoms in total. The van der Waals surface area contributed by atoms with Crippen molar-refractivity contribution in [2.75, 3.05) is 0 Å². The number of allylic oxidation sites excluding steroid dienone is 2. The standard InChI is InChI=1S/C14H13NO2S/c18-12-9-10-5-1-2-6-11(10)15-14(12)17-13-7-3-4-8-16-13/h1-8,12-13,18H,9H2. The number of nitrogens with zero attached hydrogens (tertiary/aromatic N) is 1. The van der Waals surface area contributed by atoms with Gasteiger partial charge in [0, 0.05) is 0 Å². The third-order valence-corrected chi connectivity index (χ3v) is 3.23. The molecule has 2 atom stereocenters. The van der Waals surface area contributed by atoms with Gasteiger partial charge in [0.15, 0.2) is 0 Å². The van der Waals surface area contributed by atoms with Crippen molar-refractivity contribution in [3.63, 3.8) is 0 Å². The predicted molar refractivity (Wildman–Crippen MR) is 74.3 cm³/mol. The van der Waals surface area contributed by atoms with Crippen LogP contribution in [0.2, 0.25) is 0 Å². The van der Waals surface area contributed by atoms with Gasteiger partial charge in [-0.25, -0.2) is 4.99 Å². The molecule has 92 valence electrons. The monoisotopic (exact) mass is 259 g/mol. The van der Waals surface area contributed by atoms with Crippen LogP contribution in [-0.4, -0.2) is 17.4 Å². The van der Waals surface area contributed by atoms with Gasteiger partial charge in [0.05, 0.1) is 17.2 Å². The molecule has 4 heteroatoms. The zero-order valence-corrected chi connectivity index (χ0v) is 10.6. The number of hydrogen-bond donors (Lipinski definition) is 1. The van der Waals surface area contributed by atoms with E-state index in [1.165, 1.54) is 5.56 Å². The van der Waals surface area contributed by atoms with Crippen molar-refractivity contribution >= 4 is 24.2 Å². The first-order chi connectivity index (χ1) is 8.83. The first kappa shape index (κ1) is 11.4. The zero-order chi connectivity index (χ0) is 12.4. The lowest BCUT2D eigenvalue weighted by Gasteiger charge is -2.24. The van der Waals surface area contributed by atoms with Gasteiger partial charge in [-0.2, -0.15) is 12.6 Å². The normalized spacial score (nSPS) is 25.1. The van der Waals surface area contributed by atoms with Crippen molar-refractivity contribution in [1.82, 2.24) is 0 Å². The van der Waals surface area contributed by atoms with Crippen LogP contribution in [0.4, 0.5) is 5.69 Å². The van der Waals surface area contributed by atoms with Crippen molar-refractivity contribution in [3.05, 3.63) is 54.3 Å². The molecule has 0 aromatic heterocycles. The summed E-state index contributed by atoms with van der Waals surface area (Å²) >= 11 is 4.53. The van der Waals surface area contributed by atoms with Crippen LogP contribution in [0, 0.1) is 0 Å². The Morgan fingerprint density at radius 1 is 1.28 bits per heavy atom. The number of thiol groups is 1. The van der Waals surface area contributed by atoms with Gasteiger partial charge in [-0.05, 0) is 30.2 Å². The summed E-state index contributed by atoms with van der Waals surface area (Å²) in [6.07, 6.45) is 7.56. The number of aliphatic imine (C=N–C) groups is 1. The molecule has 18 heavy (non-hydrogen) atoms. The van der Waals surface area contributed by atoms with E-state index < -0.39 is 6.29 Å². The molecule has 0 saturated heterocycles. The summed E-state index contributed by atoms with van der Waals surface area (Å²) in [7, 11) is 0. The largest absolute Gasteiger partial charge is 0.459 e. The van der Waals surface area contributed by atoms with Gasteiger partial charge >= 0.3 is 0 Å². The minimum atomic E-state index is -0.409. The van der Waals surface area contributed by atoms with Crippen LogP contribution in [-0.2, 0) is 15.9 Å². The summed E-state index contributed by atoms with van der Waals surface area (Å²) in [4.78, 5) is 4.50. The summed E-state index contributed by atoms with van der Waals surface area (Å²) in [6, 6.07) is 8.03. The fourth-order valence-electron chi connectivity index (χ4n) is 1.94. The highest BCUT2D eigenvalue weighted by molar-refractivity contribution is 7.81. The summed E-state index contributed by atoms with van der Waals surface area (Å²) in [6.45, 7) is 0. The molecular formula is C14H13NO2S. The van der Waals surface area contributed by atoms with Crippen LogP contribution >= 0.6 is 12.6 Å². The third-order valence-electron chi connectivity index (χ3n) is 2.83. The maximum Gasteiger partial charge on any atom is 0.261 e. The van der Waals surface area contributed by atoms with Crippen molar-refractivity contribution in [1.29, 1.82) is 0 Å². The van der Waals surface area contributed by atoms with Crippen LogP contribution < -0.4 is 0 Å². The lowest BCUT2D eigenvalue weighted by atomic mass is 10.0. The van der Waals surface area contributed by atoms with E-state index in [-0.39, 0.29) is 5.25 Å². The topological polar surface area (TPSA) is 30.8 Å². The van der Waals surface area contributed by atoms with Gasteiger partial charge < -0.3 is 9.47 Å². The second-order valence-electron chi connectivity index (χ2n) is 4.13. The van der Waals surface area contributed by atoms with Crippen molar-refractivity contribution < 1.29 is 9.47 Å². The summed E-state index contributed by atoms with van der Waals surface area (Å²) in [5, 5.41) is -0.0252. The Bertz CT molecular complexity index is 536. The molecule has 0 aliphatic carbocycles. The number of hydrogen-bond acceptors (Lipinski definition) is 4. The molecule has 3 rings (SSSR count). The van der Waals surface area contributed by atoms with Gasteiger partial charge in [-0.1, -0.05) is 24.3 Å². The number of para-hydroxylation sites is 1. The highest BCUT2D eigenvalue weighted by atomic mass is 32.1. The Morgan fingerprint density at radius 3 is 3.00 bits per heavy atom. The predicted octanol–water partition coefficient (Wildman–Crippen LogP) is 3.01. The maximum absolute atomic E-state index is 5.71. The number of rotatable bonds is 1. The molecule has 0 fully saturated rings. The van der Waals surface area contributed by atoms with E-state index in [0.717, 1.165) is 12.1 Å². The molecule has 0 amide bonds. The SMILES string of the molecule is SC1Cc2ccccc2N=C1OC1C=CC=CO1. The molecule has 0 saturated carbocycles. The third kappa shape index (κ3) is 2.29. The highest BCUT2D eigenvalue weighted by Gasteiger charge is 2.23. The van der Waals surface area contributed by atoms with Gasteiger partial charge in [-0.15, -0.1) is 0 Å². The zero-order valence-electron chi connectivity index (χ0n) is 9.69. The molecule has 1 aromatic rings. The van der Waals surface area contributed by atoms with Crippen LogP contribution in [0.3, 0.4) is 0 Å². The molecule has 2 aliphatic rings. The van der Waals surface area contributed by atoms with E-state index in [2.05, 4.69) is 23.7 Å². The van der Waals surface area contributed by atoms with Crippen LogP contribution in [0.5, 0.6) is 0 Å². The van der Waals surface area contributed by atoms with Gasteiger partial charge in [0.2, 0.25) is 5.90 Å². The molecular weight excluding hydrogens is 246 g/mol. The average Bonchev–Trinajstić information content (AvgIpc) is 2.41. The fourth-order valence-corrected chi connectivity index (χ4v) is 2.26. The second-order valence-corrected chi connectivity index (χ2v) is 4.76. The Morgan fingerprint density at radius 2 is 2.17 bits per heavy atom. The van der Waals surface area contributed by atoms with Crippen molar-refractivity contribution in [2.24, 2.45) is 4.99 Å². The quantitative estimate of drug-likeness (QED) is 0.786. The first-order valence-electron chi connectivity index (χ1n) is 5.83. The van der Waals surface area contributed by atoms with E-state index >= 15 is 0 Å². The summed E-state index contributed by atoms with van der Waals surface area (Å²) in [5.41, 5.74) is 2.15. The lowest BCUT2D eigenvalue weighted by molar-refractivity contribution is -0.00366. The number of fused-ring (bicyclic) bond motifs is 1. The summed E-state index contributed by atoms with van der Waals surface area (Å²) in [5.74, 6) is 0.613. The molecule has 0 radical (unpaired) electrons. The van der Waals surface area contributed by atoms with Crippen molar-refractivity contribution in [2.45, 2.75) is 18.0 Å². The Balaban J connectivity index is 1.81. The smallest absolute Gasteiger partial charge is 0.261 e. The van der Waals surface area contributed by atoms with Crippen LogP contribution in [0.1, 0.15) is 5.56 Å². The number of benzene rings is 1. The van der Waals surface area contributed by atoms with E-state index in [1.54, 1.807) is 6.26 Å². The van der Waals surface area contributed by atoms with Gasteiger partial charge in [0.1, 0.15) is 0 Å². The molecule has 1 aromatic carbocycles. The van der Waals surface area contributed by atoms with Crippen LogP contribution in [0.25, 0.3) is 0 Å². The molecule has 0 bridgehead atoms. The molecule has 2 heterocycles.